The van der Waals surface area contributed by atoms with Gasteiger partial charge in [-0.1, -0.05) is 6.42 Å². The van der Waals surface area contributed by atoms with Crippen LogP contribution in [0.5, 0.6) is 0 Å². The van der Waals surface area contributed by atoms with Gasteiger partial charge in [0.05, 0.1) is 5.60 Å². The van der Waals surface area contributed by atoms with Crippen LogP contribution in [-0.4, -0.2) is 46.7 Å². The number of hydrogen-bond donors (Lipinski definition) is 1. The number of rotatable bonds is 4. The molecule has 1 aromatic rings. The Morgan fingerprint density at radius 2 is 1.73 bits per heavy atom. The van der Waals surface area contributed by atoms with E-state index in [1.165, 1.54) is 42.8 Å². The van der Waals surface area contributed by atoms with Crippen molar-refractivity contribution >= 4 is 11.3 Å². The fraction of sp³-hybridized carbons (Fsp3) is 0.778. The zero-order valence-corrected chi connectivity index (χ0v) is 14.7. The van der Waals surface area contributed by atoms with Crippen molar-refractivity contribution in [2.75, 3.05) is 26.2 Å². The molecule has 0 radical (unpaired) electrons. The van der Waals surface area contributed by atoms with Gasteiger partial charge in [-0.2, -0.15) is 0 Å². The van der Waals surface area contributed by atoms with Gasteiger partial charge in [0.2, 0.25) is 0 Å². The number of likely N-dealkylation sites (tertiary alicyclic amines) is 2. The fourth-order valence-electron chi connectivity index (χ4n) is 3.67. The Morgan fingerprint density at radius 3 is 2.55 bits per heavy atom. The van der Waals surface area contributed by atoms with Crippen LogP contribution in [0, 0.1) is 0 Å². The molecule has 2 saturated heterocycles. The molecule has 1 N–H and O–H groups in total. The average Bonchev–Trinajstić information content (AvgIpc) is 2.85. The van der Waals surface area contributed by atoms with Gasteiger partial charge in [-0.05, 0) is 75.7 Å². The molecule has 0 bridgehead atoms. The minimum absolute atomic E-state index is 0.455. The molecule has 3 heterocycles. The third-order valence-corrected chi connectivity index (χ3v) is 6.07. The minimum atomic E-state index is -0.455. The minimum Gasteiger partial charge on any atom is -0.390 e. The second kappa shape index (κ2) is 7.43. The second-order valence-corrected chi connectivity index (χ2v) is 8.38. The lowest BCUT2D eigenvalue weighted by Crippen LogP contribution is -2.29. The Bertz CT molecular complexity index is 465. The molecule has 2 aliphatic rings. The van der Waals surface area contributed by atoms with Gasteiger partial charge in [0, 0.05) is 24.5 Å². The van der Waals surface area contributed by atoms with Crippen molar-refractivity contribution in [3.63, 3.8) is 0 Å². The quantitative estimate of drug-likeness (QED) is 0.919. The standard InChI is InChI=1S/C18H30N2OS/c1-18(21)6-5-10-20(11-7-18)14-17-12-16(15-22-17)13-19-8-3-2-4-9-19/h12,15,21H,2-11,13-14H2,1H3/t18-/m1/s1. The Kier molecular flexibility index (Phi) is 5.55. The number of aliphatic hydroxyl groups is 1. The van der Waals surface area contributed by atoms with E-state index >= 15 is 0 Å². The van der Waals surface area contributed by atoms with Crippen molar-refractivity contribution in [2.24, 2.45) is 0 Å². The van der Waals surface area contributed by atoms with Crippen LogP contribution < -0.4 is 0 Å². The summed E-state index contributed by atoms with van der Waals surface area (Å²) in [5.74, 6) is 0. The number of hydrogen-bond acceptors (Lipinski definition) is 4. The molecular formula is C18H30N2OS. The molecule has 0 amide bonds. The molecule has 2 aliphatic heterocycles. The summed E-state index contributed by atoms with van der Waals surface area (Å²) in [5.41, 5.74) is 1.03. The molecule has 22 heavy (non-hydrogen) atoms. The predicted molar refractivity (Wildman–Crippen MR) is 93.2 cm³/mol. The average molecular weight is 323 g/mol. The van der Waals surface area contributed by atoms with Gasteiger partial charge in [-0.25, -0.2) is 0 Å². The van der Waals surface area contributed by atoms with Crippen LogP contribution in [-0.2, 0) is 13.1 Å². The molecule has 1 atom stereocenters. The van der Waals surface area contributed by atoms with Crippen LogP contribution in [0.3, 0.4) is 0 Å². The summed E-state index contributed by atoms with van der Waals surface area (Å²) >= 11 is 1.91. The molecule has 3 nitrogen and oxygen atoms in total. The maximum Gasteiger partial charge on any atom is 0.0632 e. The predicted octanol–water partition coefficient (Wildman–Crippen LogP) is 3.47. The highest BCUT2D eigenvalue weighted by atomic mass is 32.1. The molecule has 124 valence electrons. The van der Waals surface area contributed by atoms with E-state index in [2.05, 4.69) is 21.2 Å². The van der Waals surface area contributed by atoms with Crippen LogP contribution >= 0.6 is 11.3 Å². The summed E-state index contributed by atoms with van der Waals surface area (Å²) in [4.78, 5) is 6.59. The van der Waals surface area contributed by atoms with Gasteiger partial charge in [-0.3, -0.25) is 9.80 Å². The van der Waals surface area contributed by atoms with E-state index in [0.717, 1.165) is 45.4 Å². The van der Waals surface area contributed by atoms with Crippen molar-refractivity contribution in [3.05, 3.63) is 21.9 Å². The van der Waals surface area contributed by atoms with Crippen molar-refractivity contribution in [1.82, 2.24) is 9.80 Å². The van der Waals surface area contributed by atoms with Crippen molar-refractivity contribution in [2.45, 2.75) is 64.1 Å². The molecule has 0 aliphatic carbocycles. The summed E-state index contributed by atoms with van der Waals surface area (Å²) < 4.78 is 0. The number of nitrogens with zero attached hydrogens (tertiary/aromatic N) is 2. The first-order valence-electron chi connectivity index (χ1n) is 8.84. The van der Waals surface area contributed by atoms with Crippen molar-refractivity contribution < 1.29 is 5.11 Å². The molecule has 4 heteroatoms. The Morgan fingerprint density at radius 1 is 1.00 bits per heavy atom. The van der Waals surface area contributed by atoms with Crippen LogP contribution in [0.4, 0.5) is 0 Å². The zero-order chi connectivity index (χ0) is 15.4. The summed E-state index contributed by atoms with van der Waals surface area (Å²) in [6.07, 6.45) is 7.09. The number of piperidine rings is 1. The number of thiophene rings is 1. The van der Waals surface area contributed by atoms with E-state index in [4.69, 9.17) is 0 Å². The van der Waals surface area contributed by atoms with Gasteiger partial charge >= 0.3 is 0 Å². The molecule has 0 unspecified atom stereocenters. The molecular weight excluding hydrogens is 292 g/mol. The van der Waals surface area contributed by atoms with Crippen molar-refractivity contribution in [1.29, 1.82) is 0 Å². The maximum absolute atomic E-state index is 10.2. The molecule has 2 fully saturated rings. The van der Waals surface area contributed by atoms with Crippen molar-refractivity contribution in [3.8, 4) is 0 Å². The summed E-state index contributed by atoms with van der Waals surface area (Å²) in [6.45, 7) is 8.85. The third kappa shape index (κ3) is 4.79. The molecule has 1 aromatic heterocycles. The lowest BCUT2D eigenvalue weighted by atomic mass is 9.98. The van der Waals surface area contributed by atoms with E-state index in [1.54, 1.807) is 0 Å². The highest BCUT2D eigenvalue weighted by molar-refractivity contribution is 7.10. The van der Waals surface area contributed by atoms with Crippen LogP contribution in [0.25, 0.3) is 0 Å². The van der Waals surface area contributed by atoms with Gasteiger partial charge in [0.25, 0.3) is 0 Å². The molecule has 0 saturated carbocycles. The van der Waals surface area contributed by atoms with E-state index in [-0.39, 0.29) is 0 Å². The maximum atomic E-state index is 10.2. The second-order valence-electron chi connectivity index (χ2n) is 7.38. The van der Waals surface area contributed by atoms with E-state index in [0.29, 0.717) is 0 Å². The first kappa shape index (κ1) is 16.4. The van der Waals surface area contributed by atoms with Gasteiger partial charge < -0.3 is 5.11 Å². The smallest absolute Gasteiger partial charge is 0.0632 e. The third-order valence-electron chi connectivity index (χ3n) is 5.10. The molecule has 0 spiro atoms. The van der Waals surface area contributed by atoms with Crippen LogP contribution in [0.1, 0.15) is 55.9 Å². The summed E-state index contributed by atoms with van der Waals surface area (Å²) in [5, 5.41) is 12.5. The van der Waals surface area contributed by atoms with Gasteiger partial charge in [0.15, 0.2) is 0 Å². The topological polar surface area (TPSA) is 26.7 Å². The highest BCUT2D eigenvalue weighted by Crippen LogP contribution is 2.24. The molecule has 0 aromatic carbocycles. The zero-order valence-electron chi connectivity index (χ0n) is 13.9. The summed E-state index contributed by atoms with van der Waals surface area (Å²) in [6, 6.07) is 2.41. The lowest BCUT2D eigenvalue weighted by molar-refractivity contribution is 0.0444. The van der Waals surface area contributed by atoms with Gasteiger partial charge in [-0.15, -0.1) is 11.3 Å². The summed E-state index contributed by atoms with van der Waals surface area (Å²) in [7, 11) is 0. The van der Waals surface area contributed by atoms with E-state index in [1.807, 2.05) is 18.3 Å². The Labute approximate surface area is 138 Å². The van der Waals surface area contributed by atoms with E-state index < -0.39 is 5.60 Å². The van der Waals surface area contributed by atoms with Crippen LogP contribution in [0.15, 0.2) is 11.4 Å². The SMILES string of the molecule is C[C@@]1(O)CCCN(Cc2cc(CN3CCCCC3)cs2)CC1. The fourth-order valence-corrected chi connectivity index (χ4v) is 4.59. The molecule has 3 rings (SSSR count). The Hall–Kier alpha value is -0.420. The monoisotopic (exact) mass is 322 g/mol. The van der Waals surface area contributed by atoms with Gasteiger partial charge in [0.1, 0.15) is 0 Å². The highest BCUT2D eigenvalue weighted by Gasteiger charge is 2.25. The lowest BCUT2D eigenvalue weighted by Gasteiger charge is -2.25. The first-order chi connectivity index (χ1) is 10.6. The largest absolute Gasteiger partial charge is 0.390 e. The normalized spacial score (nSPS) is 28.6. The van der Waals surface area contributed by atoms with Crippen LogP contribution in [0.2, 0.25) is 0 Å². The first-order valence-corrected chi connectivity index (χ1v) is 9.72. The Balaban J connectivity index is 1.50. The van der Waals surface area contributed by atoms with E-state index in [9.17, 15) is 5.11 Å².